The first-order valence-corrected chi connectivity index (χ1v) is 10.3. The number of likely N-dealkylation sites (N-methyl/N-ethyl adjacent to an activating group) is 1. The standard InChI is InChI=1S/C23H26ClN5/c1-17(15-19-7-5-4-6-8-19)26-29-18(2)21-16-20(24)9-10-22(21)25-23(29)28-13-11-27(3)12-14-28/h4-10,16H,2,11-15H2,1,3H3/b26-17+. The van der Waals surface area contributed by atoms with Crippen molar-refractivity contribution in [2.45, 2.75) is 13.3 Å². The van der Waals surface area contributed by atoms with Gasteiger partial charge >= 0.3 is 0 Å². The van der Waals surface area contributed by atoms with Crippen LogP contribution < -0.4 is 0 Å². The van der Waals surface area contributed by atoms with Gasteiger partial charge in [-0.2, -0.15) is 5.10 Å². The van der Waals surface area contributed by atoms with Gasteiger partial charge in [-0.3, -0.25) is 0 Å². The van der Waals surface area contributed by atoms with Crippen LogP contribution in [0.1, 0.15) is 18.1 Å². The maximum Gasteiger partial charge on any atom is 0.227 e. The number of piperazine rings is 1. The number of hydrogen-bond acceptors (Lipinski definition) is 5. The van der Waals surface area contributed by atoms with Crippen molar-refractivity contribution in [3.05, 3.63) is 71.3 Å². The van der Waals surface area contributed by atoms with Gasteiger partial charge in [0.2, 0.25) is 5.96 Å². The molecule has 0 radical (unpaired) electrons. The number of aliphatic imine (C=N–C) groups is 1. The van der Waals surface area contributed by atoms with E-state index in [1.54, 1.807) is 0 Å². The number of hydrazone groups is 1. The maximum absolute atomic E-state index is 6.24. The molecule has 6 heteroatoms. The van der Waals surface area contributed by atoms with E-state index in [0.717, 1.165) is 61.2 Å². The van der Waals surface area contributed by atoms with Crippen LogP contribution in [0, 0.1) is 0 Å². The molecule has 2 aliphatic heterocycles. The molecule has 2 aromatic carbocycles. The first-order chi connectivity index (χ1) is 14.0. The lowest BCUT2D eigenvalue weighted by Gasteiger charge is -2.39. The Morgan fingerprint density at radius 2 is 1.83 bits per heavy atom. The molecule has 2 aliphatic rings. The Bertz CT molecular complexity index is 958. The number of hydrogen-bond donors (Lipinski definition) is 0. The Kier molecular flexibility index (Phi) is 5.69. The van der Waals surface area contributed by atoms with E-state index in [4.69, 9.17) is 21.7 Å². The van der Waals surface area contributed by atoms with Gasteiger partial charge < -0.3 is 9.80 Å². The lowest BCUT2D eigenvalue weighted by atomic mass is 10.1. The third kappa shape index (κ3) is 4.36. The molecule has 150 valence electrons. The first kappa shape index (κ1) is 19.7. The summed E-state index contributed by atoms with van der Waals surface area (Å²) < 4.78 is 0. The zero-order valence-corrected chi connectivity index (χ0v) is 17.7. The zero-order chi connectivity index (χ0) is 20.4. The smallest absolute Gasteiger partial charge is 0.227 e. The van der Waals surface area contributed by atoms with Crippen LogP contribution in [0.25, 0.3) is 5.70 Å². The van der Waals surface area contributed by atoms with E-state index in [1.807, 2.05) is 29.3 Å². The van der Waals surface area contributed by atoms with E-state index in [1.165, 1.54) is 5.56 Å². The Balaban J connectivity index is 1.69. The van der Waals surface area contributed by atoms with Gasteiger partial charge in [0.25, 0.3) is 0 Å². The molecule has 29 heavy (non-hydrogen) atoms. The van der Waals surface area contributed by atoms with Crippen molar-refractivity contribution in [3.8, 4) is 0 Å². The molecule has 2 aromatic rings. The number of guanidine groups is 1. The Labute approximate surface area is 177 Å². The fourth-order valence-corrected chi connectivity index (χ4v) is 3.81. The summed E-state index contributed by atoms with van der Waals surface area (Å²) in [4.78, 5) is 9.57. The molecule has 1 fully saturated rings. The summed E-state index contributed by atoms with van der Waals surface area (Å²) >= 11 is 6.24. The number of fused-ring (bicyclic) bond motifs is 1. The van der Waals surface area contributed by atoms with Crippen molar-refractivity contribution in [2.75, 3.05) is 33.2 Å². The lowest BCUT2D eigenvalue weighted by Crippen LogP contribution is -2.51. The summed E-state index contributed by atoms with van der Waals surface area (Å²) in [7, 11) is 2.15. The lowest BCUT2D eigenvalue weighted by molar-refractivity contribution is 0.204. The average Bonchev–Trinajstić information content (AvgIpc) is 2.72. The second-order valence-corrected chi connectivity index (χ2v) is 8.06. The largest absolute Gasteiger partial charge is 0.338 e. The summed E-state index contributed by atoms with van der Waals surface area (Å²) in [5, 5.41) is 7.50. The normalized spacial score (nSPS) is 18.0. The molecule has 0 aliphatic carbocycles. The van der Waals surface area contributed by atoms with E-state index >= 15 is 0 Å². The van der Waals surface area contributed by atoms with E-state index < -0.39 is 0 Å². The van der Waals surface area contributed by atoms with E-state index in [-0.39, 0.29) is 0 Å². The molecule has 0 saturated carbocycles. The zero-order valence-electron chi connectivity index (χ0n) is 17.0. The van der Waals surface area contributed by atoms with E-state index in [0.29, 0.717) is 5.02 Å². The summed E-state index contributed by atoms with van der Waals surface area (Å²) in [6, 6.07) is 16.1. The van der Waals surface area contributed by atoms with Gasteiger partial charge in [-0.15, -0.1) is 0 Å². The molecular weight excluding hydrogens is 382 g/mol. The van der Waals surface area contributed by atoms with Gasteiger partial charge in [0.05, 0.1) is 11.4 Å². The van der Waals surface area contributed by atoms with Gasteiger partial charge in [0.15, 0.2) is 0 Å². The van der Waals surface area contributed by atoms with Crippen molar-refractivity contribution in [3.63, 3.8) is 0 Å². The Hall–Kier alpha value is -2.63. The van der Waals surface area contributed by atoms with Crippen molar-refractivity contribution >= 4 is 34.7 Å². The topological polar surface area (TPSA) is 34.4 Å². The molecule has 0 unspecified atom stereocenters. The number of rotatable bonds is 3. The van der Waals surface area contributed by atoms with E-state index in [2.05, 4.69) is 54.6 Å². The molecule has 0 amide bonds. The number of nitrogens with zero attached hydrogens (tertiary/aromatic N) is 5. The fraction of sp³-hybridized carbons (Fsp3) is 0.304. The Morgan fingerprint density at radius 3 is 2.55 bits per heavy atom. The van der Waals surface area contributed by atoms with Crippen LogP contribution in [0.3, 0.4) is 0 Å². The molecule has 5 nitrogen and oxygen atoms in total. The predicted molar refractivity (Wildman–Crippen MR) is 122 cm³/mol. The van der Waals surface area contributed by atoms with Gasteiger partial charge in [0, 0.05) is 48.9 Å². The number of benzene rings is 2. The molecule has 0 spiro atoms. The van der Waals surface area contributed by atoms with Crippen molar-refractivity contribution in [1.82, 2.24) is 14.8 Å². The molecule has 2 heterocycles. The molecule has 0 atom stereocenters. The summed E-state index contributed by atoms with van der Waals surface area (Å²) in [5.74, 6) is 0.838. The highest BCUT2D eigenvalue weighted by Gasteiger charge is 2.29. The Morgan fingerprint density at radius 1 is 1.10 bits per heavy atom. The van der Waals surface area contributed by atoms with Crippen LogP contribution in [0.5, 0.6) is 0 Å². The summed E-state index contributed by atoms with van der Waals surface area (Å²) in [6.07, 6.45) is 0.781. The molecule has 0 N–H and O–H groups in total. The predicted octanol–water partition coefficient (Wildman–Crippen LogP) is 4.48. The van der Waals surface area contributed by atoms with Crippen LogP contribution in [0.15, 0.2) is 65.2 Å². The maximum atomic E-state index is 6.24. The minimum atomic E-state index is 0.674. The number of halogens is 1. The van der Waals surface area contributed by atoms with Gasteiger partial charge in [0.1, 0.15) is 0 Å². The van der Waals surface area contributed by atoms with Gasteiger partial charge in [-0.05, 0) is 37.7 Å². The highest BCUT2D eigenvalue weighted by molar-refractivity contribution is 6.31. The second-order valence-electron chi connectivity index (χ2n) is 7.62. The minimum Gasteiger partial charge on any atom is -0.338 e. The molecular formula is C23H26ClN5. The van der Waals surface area contributed by atoms with Crippen molar-refractivity contribution in [2.24, 2.45) is 10.1 Å². The molecule has 0 aromatic heterocycles. The van der Waals surface area contributed by atoms with Gasteiger partial charge in [-0.25, -0.2) is 10.0 Å². The third-order valence-electron chi connectivity index (χ3n) is 5.29. The minimum absolute atomic E-state index is 0.674. The monoisotopic (exact) mass is 407 g/mol. The quantitative estimate of drug-likeness (QED) is 0.703. The summed E-state index contributed by atoms with van der Waals surface area (Å²) in [6.45, 7) is 10.2. The molecule has 1 saturated heterocycles. The average molecular weight is 408 g/mol. The van der Waals surface area contributed by atoms with Crippen LogP contribution in [-0.4, -0.2) is 59.7 Å². The van der Waals surface area contributed by atoms with Crippen molar-refractivity contribution < 1.29 is 0 Å². The second kappa shape index (κ2) is 8.39. The summed E-state index contributed by atoms with van der Waals surface area (Å²) in [5.41, 5.74) is 4.86. The van der Waals surface area contributed by atoms with Gasteiger partial charge in [-0.1, -0.05) is 48.5 Å². The SMILES string of the molecule is C=C1c2cc(Cl)ccc2N=C(N2CCN(C)CC2)N1/N=C(\C)Cc1ccccc1. The van der Waals surface area contributed by atoms with Crippen LogP contribution in [0.4, 0.5) is 5.69 Å². The van der Waals surface area contributed by atoms with Crippen LogP contribution >= 0.6 is 11.6 Å². The highest BCUT2D eigenvalue weighted by atomic mass is 35.5. The first-order valence-electron chi connectivity index (χ1n) is 9.90. The van der Waals surface area contributed by atoms with E-state index in [9.17, 15) is 0 Å². The van der Waals surface area contributed by atoms with Crippen LogP contribution in [-0.2, 0) is 6.42 Å². The molecule has 0 bridgehead atoms. The third-order valence-corrected chi connectivity index (χ3v) is 5.53. The fourth-order valence-electron chi connectivity index (χ4n) is 3.64. The molecule has 4 rings (SSSR count). The van der Waals surface area contributed by atoms with Crippen LogP contribution in [0.2, 0.25) is 5.02 Å². The van der Waals surface area contributed by atoms with Crippen molar-refractivity contribution in [1.29, 1.82) is 0 Å². The highest BCUT2D eigenvalue weighted by Crippen LogP contribution is 2.36.